The van der Waals surface area contributed by atoms with Crippen LogP contribution in [0, 0.1) is 0 Å². The molecule has 21 heavy (non-hydrogen) atoms. The molecule has 1 aromatic heterocycles. The SMILES string of the molecule is NCCCNc1cn[nH]c1Cc1ccc(C(F)(F)F)cc1. The van der Waals surface area contributed by atoms with Gasteiger partial charge in [0.25, 0.3) is 0 Å². The largest absolute Gasteiger partial charge is 0.416 e. The molecule has 1 aromatic carbocycles. The molecule has 0 atom stereocenters. The molecule has 4 nitrogen and oxygen atoms in total. The Labute approximate surface area is 120 Å². The Hall–Kier alpha value is -2.02. The zero-order valence-electron chi connectivity index (χ0n) is 11.4. The Balaban J connectivity index is 2.03. The average molecular weight is 298 g/mol. The van der Waals surface area contributed by atoms with Crippen molar-refractivity contribution in [2.75, 3.05) is 18.4 Å². The number of anilines is 1. The number of aromatic nitrogens is 2. The first kappa shape index (κ1) is 15.4. The molecule has 0 aliphatic rings. The number of nitrogens with two attached hydrogens (primary N) is 1. The van der Waals surface area contributed by atoms with E-state index in [0.717, 1.165) is 42.0 Å². The Morgan fingerprint density at radius 2 is 1.90 bits per heavy atom. The van der Waals surface area contributed by atoms with Crippen LogP contribution in [-0.2, 0) is 12.6 Å². The first-order chi connectivity index (χ1) is 10.0. The number of nitrogens with zero attached hydrogens (tertiary/aromatic N) is 1. The van der Waals surface area contributed by atoms with Crippen LogP contribution < -0.4 is 11.1 Å². The van der Waals surface area contributed by atoms with Crippen molar-refractivity contribution >= 4 is 5.69 Å². The van der Waals surface area contributed by atoms with Gasteiger partial charge in [-0.05, 0) is 30.7 Å². The summed E-state index contributed by atoms with van der Waals surface area (Å²) in [6.07, 6.45) is -1.31. The predicted molar refractivity (Wildman–Crippen MR) is 75.0 cm³/mol. The van der Waals surface area contributed by atoms with Gasteiger partial charge in [-0.25, -0.2) is 0 Å². The van der Waals surface area contributed by atoms with Gasteiger partial charge in [-0.1, -0.05) is 12.1 Å². The monoisotopic (exact) mass is 298 g/mol. The molecule has 0 radical (unpaired) electrons. The molecule has 2 aromatic rings. The summed E-state index contributed by atoms with van der Waals surface area (Å²) in [5.41, 5.74) is 7.26. The van der Waals surface area contributed by atoms with E-state index in [1.54, 1.807) is 6.20 Å². The van der Waals surface area contributed by atoms with Gasteiger partial charge in [0.2, 0.25) is 0 Å². The number of aromatic amines is 1. The van der Waals surface area contributed by atoms with E-state index in [1.807, 2.05) is 0 Å². The van der Waals surface area contributed by atoms with Gasteiger partial charge in [0.05, 0.1) is 23.1 Å². The minimum atomic E-state index is -4.30. The van der Waals surface area contributed by atoms with E-state index >= 15 is 0 Å². The van der Waals surface area contributed by atoms with Crippen molar-refractivity contribution in [2.45, 2.75) is 19.0 Å². The molecule has 114 valence electrons. The Morgan fingerprint density at radius 1 is 1.19 bits per heavy atom. The molecule has 0 spiro atoms. The van der Waals surface area contributed by atoms with Crippen molar-refractivity contribution in [3.05, 3.63) is 47.3 Å². The fourth-order valence-corrected chi connectivity index (χ4v) is 1.94. The molecular weight excluding hydrogens is 281 g/mol. The third-order valence-corrected chi connectivity index (χ3v) is 3.08. The van der Waals surface area contributed by atoms with E-state index in [1.165, 1.54) is 12.1 Å². The maximum atomic E-state index is 12.5. The van der Waals surface area contributed by atoms with Crippen LogP contribution in [0.2, 0.25) is 0 Å². The van der Waals surface area contributed by atoms with Gasteiger partial charge in [-0.3, -0.25) is 5.10 Å². The van der Waals surface area contributed by atoms with Gasteiger partial charge in [0.15, 0.2) is 0 Å². The minimum Gasteiger partial charge on any atom is -0.382 e. The topological polar surface area (TPSA) is 66.7 Å². The quantitative estimate of drug-likeness (QED) is 0.718. The van der Waals surface area contributed by atoms with Gasteiger partial charge in [0.1, 0.15) is 0 Å². The number of nitrogens with one attached hydrogen (secondary N) is 2. The van der Waals surface area contributed by atoms with Crippen molar-refractivity contribution in [1.82, 2.24) is 10.2 Å². The Bertz CT molecular complexity index is 560. The van der Waals surface area contributed by atoms with Crippen LogP contribution >= 0.6 is 0 Å². The van der Waals surface area contributed by atoms with Crippen LogP contribution in [0.4, 0.5) is 18.9 Å². The van der Waals surface area contributed by atoms with Gasteiger partial charge in [-0.2, -0.15) is 18.3 Å². The van der Waals surface area contributed by atoms with E-state index < -0.39 is 11.7 Å². The lowest BCUT2D eigenvalue weighted by atomic mass is 10.1. The second kappa shape index (κ2) is 6.62. The molecule has 0 saturated heterocycles. The molecule has 0 unspecified atom stereocenters. The number of H-pyrrole nitrogens is 1. The van der Waals surface area contributed by atoms with Gasteiger partial charge >= 0.3 is 6.18 Å². The molecule has 4 N–H and O–H groups in total. The third-order valence-electron chi connectivity index (χ3n) is 3.08. The van der Waals surface area contributed by atoms with Crippen LogP contribution in [0.5, 0.6) is 0 Å². The first-order valence-electron chi connectivity index (χ1n) is 6.63. The highest BCUT2D eigenvalue weighted by molar-refractivity contribution is 5.47. The highest BCUT2D eigenvalue weighted by atomic mass is 19.4. The molecule has 1 heterocycles. The van der Waals surface area contributed by atoms with Crippen molar-refractivity contribution in [3.8, 4) is 0 Å². The van der Waals surface area contributed by atoms with Gasteiger partial charge < -0.3 is 11.1 Å². The summed E-state index contributed by atoms with van der Waals surface area (Å²) in [6.45, 7) is 1.33. The number of rotatable bonds is 6. The zero-order valence-corrected chi connectivity index (χ0v) is 11.4. The fourth-order valence-electron chi connectivity index (χ4n) is 1.94. The van der Waals surface area contributed by atoms with Crippen molar-refractivity contribution in [2.24, 2.45) is 5.73 Å². The highest BCUT2D eigenvalue weighted by Crippen LogP contribution is 2.29. The number of hydrogen-bond donors (Lipinski definition) is 3. The summed E-state index contributed by atoms with van der Waals surface area (Å²) in [6, 6.07) is 5.14. The molecule has 2 rings (SSSR count). The van der Waals surface area contributed by atoms with E-state index in [4.69, 9.17) is 5.73 Å². The van der Waals surface area contributed by atoms with E-state index in [0.29, 0.717) is 13.0 Å². The average Bonchev–Trinajstić information content (AvgIpc) is 2.86. The van der Waals surface area contributed by atoms with Crippen LogP contribution in [0.25, 0.3) is 0 Å². The molecule has 0 fully saturated rings. The summed E-state index contributed by atoms with van der Waals surface area (Å²) < 4.78 is 37.5. The van der Waals surface area contributed by atoms with Crippen molar-refractivity contribution in [3.63, 3.8) is 0 Å². The summed E-state index contributed by atoms with van der Waals surface area (Å²) >= 11 is 0. The molecule has 0 aliphatic heterocycles. The Kier molecular flexibility index (Phi) is 4.85. The second-order valence-corrected chi connectivity index (χ2v) is 4.70. The smallest absolute Gasteiger partial charge is 0.382 e. The highest BCUT2D eigenvalue weighted by Gasteiger charge is 2.29. The molecule has 7 heteroatoms. The maximum Gasteiger partial charge on any atom is 0.416 e. The zero-order chi connectivity index (χ0) is 15.3. The van der Waals surface area contributed by atoms with Gasteiger partial charge in [0, 0.05) is 13.0 Å². The fraction of sp³-hybridized carbons (Fsp3) is 0.357. The third kappa shape index (κ3) is 4.22. The van der Waals surface area contributed by atoms with Crippen molar-refractivity contribution in [1.29, 1.82) is 0 Å². The van der Waals surface area contributed by atoms with Crippen molar-refractivity contribution < 1.29 is 13.2 Å². The minimum absolute atomic E-state index is 0.489. The standard InChI is InChI=1S/C14H17F3N4/c15-14(16,17)11-4-2-10(3-5-11)8-12-13(9-20-21-12)19-7-1-6-18/h2-5,9,19H,1,6-8,18H2,(H,20,21). The number of hydrogen-bond acceptors (Lipinski definition) is 3. The lowest BCUT2D eigenvalue weighted by Crippen LogP contribution is -2.09. The molecule has 0 amide bonds. The van der Waals surface area contributed by atoms with E-state index in [2.05, 4.69) is 15.5 Å². The molecule has 0 saturated carbocycles. The molecule has 0 aliphatic carbocycles. The number of alkyl halides is 3. The van der Waals surface area contributed by atoms with Crippen LogP contribution in [-0.4, -0.2) is 23.3 Å². The normalized spacial score (nSPS) is 11.6. The van der Waals surface area contributed by atoms with Gasteiger partial charge in [-0.15, -0.1) is 0 Å². The second-order valence-electron chi connectivity index (χ2n) is 4.70. The first-order valence-corrected chi connectivity index (χ1v) is 6.63. The van der Waals surface area contributed by atoms with Crippen LogP contribution in [0.3, 0.4) is 0 Å². The summed E-state index contributed by atoms with van der Waals surface area (Å²) in [5, 5.41) is 10.0. The lowest BCUT2D eigenvalue weighted by Gasteiger charge is -2.08. The predicted octanol–water partition coefficient (Wildman–Crippen LogP) is 2.78. The maximum absolute atomic E-state index is 12.5. The van der Waals surface area contributed by atoms with Crippen LogP contribution in [0.15, 0.2) is 30.5 Å². The van der Waals surface area contributed by atoms with E-state index in [-0.39, 0.29) is 0 Å². The molecular formula is C14H17F3N4. The number of benzene rings is 1. The van der Waals surface area contributed by atoms with Crippen LogP contribution in [0.1, 0.15) is 23.2 Å². The Morgan fingerprint density at radius 3 is 2.52 bits per heavy atom. The summed E-state index contributed by atoms with van der Waals surface area (Å²) in [5.74, 6) is 0. The number of halogens is 3. The summed E-state index contributed by atoms with van der Waals surface area (Å²) in [7, 11) is 0. The molecule has 0 bridgehead atoms. The van der Waals surface area contributed by atoms with E-state index in [9.17, 15) is 13.2 Å². The lowest BCUT2D eigenvalue weighted by molar-refractivity contribution is -0.137. The summed E-state index contributed by atoms with van der Waals surface area (Å²) in [4.78, 5) is 0.